The van der Waals surface area contributed by atoms with E-state index in [0.717, 1.165) is 26.1 Å². The predicted octanol–water partition coefficient (Wildman–Crippen LogP) is 0.820. The van der Waals surface area contributed by atoms with Crippen LogP contribution in [-0.2, 0) is 0 Å². The molecular formula is C11H24N2O. The molecule has 0 bridgehead atoms. The summed E-state index contributed by atoms with van der Waals surface area (Å²) in [5.74, 6) is 0. The van der Waals surface area contributed by atoms with Gasteiger partial charge in [-0.1, -0.05) is 6.92 Å². The Bertz CT molecular complexity index is 157. The molecule has 0 aromatic carbocycles. The summed E-state index contributed by atoms with van der Waals surface area (Å²) in [4.78, 5) is 2.44. The first-order valence-electron chi connectivity index (χ1n) is 5.79. The number of hydrogen-bond donors (Lipinski definition) is 2. The van der Waals surface area contributed by atoms with Crippen molar-refractivity contribution in [3.63, 3.8) is 0 Å². The van der Waals surface area contributed by atoms with E-state index in [0.29, 0.717) is 12.0 Å². The Balaban J connectivity index is 2.25. The minimum absolute atomic E-state index is 0.306. The zero-order chi connectivity index (χ0) is 10.4. The van der Waals surface area contributed by atoms with Gasteiger partial charge in [0.25, 0.3) is 0 Å². The van der Waals surface area contributed by atoms with Crippen LogP contribution in [0.25, 0.3) is 0 Å². The molecule has 1 rings (SSSR count). The smallest absolute Gasteiger partial charge is 0.0443 e. The number of hydrogen-bond acceptors (Lipinski definition) is 3. The average molecular weight is 200 g/mol. The summed E-state index contributed by atoms with van der Waals surface area (Å²) in [6, 6.07) is 0. The van der Waals surface area contributed by atoms with Gasteiger partial charge in [-0.15, -0.1) is 0 Å². The zero-order valence-corrected chi connectivity index (χ0v) is 9.34. The monoisotopic (exact) mass is 200 g/mol. The van der Waals surface area contributed by atoms with E-state index in [-0.39, 0.29) is 0 Å². The van der Waals surface area contributed by atoms with Gasteiger partial charge in [0, 0.05) is 19.7 Å². The predicted molar refractivity (Wildman–Crippen MR) is 59.2 cm³/mol. The third-order valence-electron chi connectivity index (χ3n) is 3.27. The van der Waals surface area contributed by atoms with Crippen molar-refractivity contribution in [1.82, 2.24) is 4.90 Å². The van der Waals surface area contributed by atoms with Gasteiger partial charge in [-0.05, 0) is 44.2 Å². The Labute approximate surface area is 87.3 Å². The fourth-order valence-electron chi connectivity index (χ4n) is 2.09. The summed E-state index contributed by atoms with van der Waals surface area (Å²) >= 11 is 0. The molecule has 1 fully saturated rings. The Morgan fingerprint density at radius 3 is 2.57 bits per heavy atom. The molecule has 0 radical (unpaired) electrons. The van der Waals surface area contributed by atoms with Crippen molar-refractivity contribution in [2.45, 2.75) is 32.6 Å². The van der Waals surface area contributed by atoms with Crippen LogP contribution in [0.1, 0.15) is 32.6 Å². The van der Waals surface area contributed by atoms with Crippen LogP contribution >= 0.6 is 0 Å². The van der Waals surface area contributed by atoms with Crippen LogP contribution in [0.5, 0.6) is 0 Å². The van der Waals surface area contributed by atoms with Gasteiger partial charge in [0.05, 0.1) is 0 Å². The number of nitrogens with two attached hydrogens (primary N) is 1. The molecule has 1 aliphatic carbocycles. The molecule has 0 spiro atoms. The molecule has 3 nitrogen and oxygen atoms in total. The first kappa shape index (κ1) is 12.0. The molecular weight excluding hydrogens is 176 g/mol. The lowest BCUT2D eigenvalue weighted by Crippen LogP contribution is -2.32. The fourth-order valence-corrected chi connectivity index (χ4v) is 2.09. The van der Waals surface area contributed by atoms with E-state index in [1.165, 1.54) is 25.8 Å². The van der Waals surface area contributed by atoms with Gasteiger partial charge in [0.15, 0.2) is 0 Å². The van der Waals surface area contributed by atoms with E-state index in [9.17, 15) is 0 Å². The molecule has 0 amide bonds. The van der Waals surface area contributed by atoms with Crippen LogP contribution in [0.2, 0.25) is 0 Å². The quantitative estimate of drug-likeness (QED) is 0.610. The van der Waals surface area contributed by atoms with Crippen LogP contribution in [0.15, 0.2) is 0 Å². The maximum absolute atomic E-state index is 8.78. The van der Waals surface area contributed by atoms with E-state index in [2.05, 4.69) is 11.8 Å². The normalized spacial score (nSPS) is 18.9. The molecule has 0 atom stereocenters. The second kappa shape index (κ2) is 5.69. The van der Waals surface area contributed by atoms with Gasteiger partial charge < -0.3 is 15.7 Å². The van der Waals surface area contributed by atoms with Crippen LogP contribution in [0.3, 0.4) is 0 Å². The number of aliphatic hydroxyl groups is 1. The lowest BCUT2D eigenvalue weighted by Gasteiger charge is -2.25. The number of rotatable bonds is 8. The SMILES string of the molecule is CCN(CCCO)CC1(CCN)CC1. The largest absolute Gasteiger partial charge is 0.396 e. The molecule has 0 heterocycles. The van der Waals surface area contributed by atoms with Crippen molar-refractivity contribution >= 4 is 0 Å². The van der Waals surface area contributed by atoms with Crippen molar-refractivity contribution in [1.29, 1.82) is 0 Å². The van der Waals surface area contributed by atoms with E-state index >= 15 is 0 Å². The van der Waals surface area contributed by atoms with Gasteiger partial charge >= 0.3 is 0 Å². The number of nitrogens with zero attached hydrogens (tertiary/aromatic N) is 1. The lowest BCUT2D eigenvalue weighted by atomic mass is 10.0. The Morgan fingerprint density at radius 2 is 2.14 bits per heavy atom. The van der Waals surface area contributed by atoms with E-state index < -0.39 is 0 Å². The maximum Gasteiger partial charge on any atom is 0.0443 e. The Morgan fingerprint density at radius 1 is 1.43 bits per heavy atom. The van der Waals surface area contributed by atoms with Crippen LogP contribution in [-0.4, -0.2) is 42.8 Å². The molecule has 0 aromatic rings. The highest BCUT2D eigenvalue weighted by Gasteiger charge is 2.42. The third-order valence-corrected chi connectivity index (χ3v) is 3.27. The summed E-state index contributed by atoms with van der Waals surface area (Å²) in [5, 5.41) is 8.78. The highest BCUT2D eigenvalue weighted by atomic mass is 16.3. The minimum atomic E-state index is 0.306. The lowest BCUT2D eigenvalue weighted by molar-refractivity contribution is 0.196. The zero-order valence-electron chi connectivity index (χ0n) is 9.34. The molecule has 1 aliphatic rings. The molecule has 0 saturated heterocycles. The third kappa shape index (κ3) is 3.56. The molecule has 84 valence electrons. The van der Waals surface area contributed by atoms with Crippen LogP contribution in [0, 0.1) is 5.41 Å². The van der Waals surface area contributed by atoms with Crippen molar-refractivity contribution < 1.29 is 5.11 Å². The first-order chi connectivity index (χ1) is 6.76. The molecule has 3 N–H and O–H groups in total. The van der Waals surface area contributed by atoms with Gasteiger partial charge in [0.1, 0.15) is 0 Å². The molecule has 0 aliphatic heterocycles. The van der Waals surface area contributed by atoms with Crippen molar-refractivity contribution in [3.8, 4) is 0 Å². The standard InChI is InChI=1S/C11H24N2O/c1-2-13(8-3-9-14)10-11(4-5-11)6-7-12/h14H,2-10,12H2,1H3. The number of aliphatic hydroxyl groups excluding tert-OH is 1. The van der Waals surface area contributed by atoms with E-state index in [1.54, 1.807) is 0 Å². The molecule has 1 saturated carbocycles. The van der Waals surface area contributed by atoms with Crippen LogP contribution in [0.4, 0.5) is 0 Å². The van der Waals surface area contributed by atoms with Crippen molar-refractivity contribution in [3.05, 3.63) is 0 Å². The summed E-state index contributed by atoms with van der Waals surface area (Å²) in [6.07, 6.45) is 4.76. The molecule has 14 heavy (non-hydrogen) atoms. The van der Waals surface area contributed by atoms with Gasteiger partial charge in [-0.25, -0.2) is 0 Å². The van der Waals surface area contributed by atoms with Crippen LogP contribution < -0.4 is 5.73 Å². The molecule has 3 heteroatoms. The Kier molecular flexibility index (Phi) is 4.85. The second-order valence-electron chi connectivity index (χ2n) is 4.48. The average Bonchev–Trinajstić information content (AvgIpc) is 2.93. The van der Waals surface area contributed by atoms with E-state index in [1.807, 2.05) is 0 Å². The maximum atomic E-state index is 8.78. The van der Waals surface area contributed by atoms with E-state index in [4.69, 9.17) is 10.8 Å². The summed E-state index contributed by atoms with van der Waals surface area (Å²) in [6.45, 7) is 6.61. The fraction of sp³-hybridized carbons (Fsp3) is 1.00. The van der Waals surface area contributed by atoms with Gasteiger partial charge in [-0.2, -0.15) is 0 Å². The molecule has 0 unspecified atom stereocenters. The van der Waals surface area contributed by atoms with Gasteiger partial charge in [-0.3, -0.25) is 0 Å². The summed E-state index contributed by atoms with van der Waals surface area (Å²) in [7, 11) is 0. The van der Waals surface area contributed by atoms with Crippen molar-refractivity contribution in [2.75, 3.05) is 32.8 Å². The second-order valence-corrected chi connectivity index (χ2v) is 4.48. The first-order valence-corrected chi connectivity index (χ1v) is 5.79. The van der Waals surface area contributed by atoms with Gasteiger partial charge in [0.2, 0.25) is 0 Å². The summed E-state index contributed by atoms with van der Waals surface area (Å²) < 4.78 is 0. The highest BCUT2D eigenvalue weighted by molar-refractivity contribution is 4.95. The minimum Gasteiger partial charge on any atom is -0.396 e. The Hall–Kier alpha value is -0.120. The molecule has 0 aromatic heterocycles. The highest BCUT2D eigenvalue weighted by Crippen LogP contribution is 2.48. The van der Waals surface area contributed by atoms with Crippen molar-refractivity contribution in [2.24, 2.45) is 11.1 Å². The topological polar surface area (TPSA) is 49.5 Å². The summed E-state index contributed by atoms with van der Waals surface area (Å²) in [5.41, 5.74) is 6.16.